The predicted octanol–water partition coefficient (Wildman–Crippen LogP) is 1.11. The molecule has 0 aromatic carbocycles. The molecule has 2 atom stereocenters. The van der Waals surface area contributed by atoms with E-state index in [1.807, 2.05) is 13.0 Å². The van der Waals surface area contributed by atoms with Gasteiger partial charge in [0, 0.05) is 32.2 Å². The molecule has 0 bridgehead atoms. The number of anilines is 1. The SMILES string of the molecule is CCO[C@H]1C[C@H](Nc2c(C#N)c(=O)n(C)c(=O)n2C)C12CCCC2. The smallest absolute Gasteiger partial charge is 0.332 e. The minimum Gasteiger partial charge on any atom is -0.378 e. The van der Waals surface area contributed by atoms with E-state index in [4.69, 9.17) is 4.74 Å². The van der Waals surface area contributed by atoms with Crippen molar-refractivity contribution in [1.82, 2.24) is 9.13 Å². The molecule has 3 rings (SSSR count). The first-order valence-electron chi connectivity index (χ1n) is 8.54. The highest BCUT2D eigenvalue weighted by molar-refractivity contribution is 5.52. The summed E-state index contributed by atoms with van der Waals surface area (Å²) in [4.78, 5) is 24.4. The van der Waals surface area contributed by atoms with E-state index < -0.39 is 11.2 Å². The van der Waals surface area contributed by atoms with Crippen molar-refractivity contribution < 1.29 is 4.74 Å². The van der Waals surface area contributed by atoms with Gasteiger partial charge in [-0.05, 0) is 26.2 Å². The average molecular weight is 332 g/mol. The molecule has 24 heavy (non-hydrogen) atoms. The third-order valence-electron chi connectivity index (χ3n) is 5.77. The van der Waals surface area contributed by atoms with Gasteiger partial charge in [0.1, 0.15) is 11.9 Å². The van der Waals surface area contributed by atoms with Crippen molar-refractivity contribution in [3.63, 3.8) is 0 Å². The van der Waals surface area contributed by atoms with Crippen LogP contribution in [0.2, 0.25) is 0 Å². The van der Waals surface area contributed by atoms with Crippen LogP contribution in [-0.4, -0.2) is 27.9 Å². The molecule has 7 heteroatoms. The second-order valence-corrected chi connectivity index (χ2v) is 6.86. The minimum atomic E-state index is -0.552. The van der Waals surface area contributed by atoms with Crippen LogP contribution in [0.4, 0.5) is 5.82 Å². The number of aromatic nitrogens is 2. The van der Waals surface area contributed by atoms with Crippen LogP contribution in [0.1, 0.15) is 44.6 Å². The van der Waals surface area contributed by atoms with Crippen molar-refractivity contribution in [2.75, 3.05) is 11.9 Å². The first kappa shape index (κ1) is 16.8. The normalized spacial score (nSPS) is 24.6. The molecule has 0 amide bonds. The quantitative estimate of drug-likeness (QED) is 0.892. The summed E-state index contributed by atoms with van der Waals surface area (Å²) in [5, 5.41) is 12.7. The van der Waals surface area contributed by atoms with Gasteiger partial charge in [0.15, 0.2) is 5.56 Å². The predicted molar refractivity (Wildman–Crippen MR) is 90.0 cm³/mol. The van der Waals surface area contributed by atoms with Gasteiger partial charge >= 0.3 is 5.69 Å². The van der Waals surface area contributed by atoms with E-state index in [-0.39, 0.29) is 23.1 Å². The Balaban J connectivity index is 1.97. The molecule has 2 saturated carbocycles. The summed E-state index contributed by atoms with van der Waals surface area (Å²) in [5.41, 5.74) is -0.931. The minimum absolute atomic E-state index is 0.00685. The van der Waals surface area contributed by atoms with Crippen LogP contribution >= 0.6 is 0 Å². The Bertz CT molecular complexity index is 796. The molecule has 2 aliphatic rings. The summed E-state index contributed by atoms with van der Waals surface area (Å²) < 4.78 is 8.23. The maximum Gasteiger partial charge on any atom is 0.332 e. The Kier molecular flexibility index (Phi) is 4.26. The number of hydrogen-bond donors (Lipinski definition) is 1. The average Bonchev–Trinajstić information content (AvgIpc) is 3.09. The van der Waals surface area contributed by atoms with Crippen LogP contribution in [0.25, 0.3) is 0 Å². The molecule has 2 aliphatic carbocycles. The number of nitrogens with zero attached hydrogens (tertiary/aromatic N) is 3. The van der Waals surface area contributed by atoms with Gasteiger partial charge in [-0.25, -0.2) is 4.79 Å². The highest BCUT2D eigenvalue weighted by atomic mass is 16.5. The summed E-state index contributed by atoms with van der Waals surface area (Å²) in [6.07, 6.45) is 5.55. The van der Waals surface area contributed by atoms with Crippen LogP contribution in [0, 0.1) is 16.7 Å². The monoisotopic (exact) mass is 332 g/mol. The van der Waals surface area contributed by atoms with Gasteiger partial charge in [0.25, 0.3) is 5.56 Å². The van der Waals surface area contributed by atoms with E-state index in [1.165, 1.54) is 24.5 Å². The molecule has 1 N–H and O–H groups in total. The van der Waals surface area contributed by atoms with Gasteiger partial charge in [-0.2, -0.15) is 5.26 Å². The molecule has 0 radical (unpaired) electrons. The Morgan fingerprint density at radius 1 is 1.29 bits per heavy atom. The van der Waals surface area contributed by atoms with Crippen molar-refractivity contribution in [1.29, 1.82) is 5.26 Å². The van der Waals surface area contributed by atoms with Crippen LogP contribution in [0.5, 0.6) is 0 Å². The number of rotatable bonds is 4. The summed E-state index contributed by atoms with van der Waals surface area (Å²) in [7, 11) is 2.98. The molecule has 0 saturated heterocycles. The van der Waals surface area contributed by atoms with Crippen LogP contribution in [0.15, 0.2) is 9.59 Å². The Hall–Kier alpha value is -2.07. The van der Waals surface area contributed by atoms with E-state index in [1.54, 1.807) is 7.05 Å². The van der Waals surface area contributed by atoms with Crippen molar-refractivity contribution >= 4 is 5.82 Å². The molecular weight excluding hydrogens is 308 g/mol. The van der Waals surface area contributed by atoms with Gasteiger partial charge < -0.3 is 10.1 Å². The van der Waals surface area contributed by atoms with Gasteiger partial charge in [0.05, 0.1) is 6.10 Å². The summed E-state index contributed by atoms with van der Waals surface area (Å²) >= 11 is 0. The van der Waals surface area contributed by atoms with Crippen LogP contribution < -0.4 is 16.6 Å². The lowest BCUT2D eigenvalue weighted by Gasteiger charge is -2.54. The first-order valence-corrected chi connectivity index (χ1v) is 8.54. The van der Waals surface area contributed by atoms with Crippen molar-refractivity contribution in [3.05, 3.63) is 26.4 Å². The fraction of sp³-hybridized carbons (Fsp3) is 0.706. The number of nitriles is 1. The Morgan fingerprint density at radius 3 is 2.54 bits per heavy atom. The van der Waals surface area contributed by atoms with E-state index in [0.29, 0.717) is 12.4 Å². The Morgan fingerprint density at radius 2 is 1.96 bits per heavy atom. The summed E-state index contributed by atoms with van der Waals surface area (Å²) in [6.45, 7) is 2.69. The summed E-state index contributed by atoms with van der Waals surface area (Å²) in [6, 6.07) is 2.08. The van der Waals surface area contributed by atoms with E-state index in [9.17, 15) is 14.9 Å². The Labute approximate surface area is 140 Å². The summed E-state index contributed by atoms with van der Waals surface area (Å²) in [5.74, 6) is 0.330. The first-order chi connectivity index (χ1) is 11.5. The number of nitrogens with one attached hydrogen (secondary N) is 1. The zero-order valence-electron chi connectivity index (χ0n) is 14.5. The number of ether oxygens (including phenoxy) is 1. The van der Waals surface area contributed by atoms with E-state index in [0.717, 1.165) is 23.8 Å². The molecule has 130 valence electrons. The van der Waals surface area contributed by atoms with Gasteiger partial charge in [0.2, 0.25) is 0 Å². The third kappa shape index (κ3) is 2.28. The van der Waals surface area contributed by atoms with Crippen LogP contribution in [-0.2, 0) is 18.8 Å². The standard InChI is InChI=1S/C17H24N4O3/c1-4-24-13-9-12(17(13)7-5-6-8-17)19-14-11(10-18)15(22)21(3)16(23)20(14)2/h12-13,19H,4-9H2,1-3H3/t12-,13-/m0/s1. The highest BCUT2D eigenvalue weighted by Gasteiger charge is 2.57. The molecule has 2 fully saturated rings. The van der Waals surface area contributed by atoms with Gasteiger partial charge in [-0.1, -0.05) is 12.8 Å². The number of hydrogen-bond acceptors (Lipinski definition) is 5. The highest BCUT2D eigenvalue weighted by Crippen LogP contribution is 2.55. The molecule has 7 nitrogen and oxygen atoms in total. The fourth-order valence-corrected chi connectivity index (χ4v) is 4.37. The third-order valence-corrected chi connectivity index (χ3v) is 5.77. The lowest BCUT2D eigenvalue weighted by atomic mass is 9.60. The molecule has 1 spiro atoms. The largest absolute Gasteiger partial charge is 0.378 e. The van der Waals surface area contributed by atoms with Crippen molar-refractivity contribution in [3.8, 4) is 6.07 Å². The van der Waals surface area contributed by atoms with E-state index in [2.05, 4.69) is 5.32 Å². The second-order valence-electron chi connectivity index (χ2n) is 6.86. The molecule has 0 aliphatic heterocycles. The lowest BCUT2D eigenvalue weighted by Crippen LogP contribution is -2.60. The molecule has 1 aromatic rings. The zero-order valence-corrected chi connectivity index (χ0v) is 14.5. The van der Waals surface area contributed by atoms with Crippen LogP contribution in [0.3, 0.4) is 0 Å². The van der Waals surface area contributed by atoms with Gasteiger partial charge in [-0.3, -0.25) is 13.9 Å². The van der Waals surface area contributed by atoms with Gasteiger partial charge in [-0.15, -0.1) is 0 Å². The molecule has 0 unspecified atom stereocenters. The molecule has 1 heterocycles. The fourth-order valence-electron chi connectivity index (χ4n) is 4.37. The molecule has 1 aromatic heterocycles. The molecular formula is C17H24N4O3. The zero-order chi connectivity index (χ0) is 17.5. The topological polar surface area (TPSA) is 89.1 Å². The second kappa shape index (κ2) is 6.10. The van der Waals surface area contributed by atoms with Crippen molar-refractivity contribution in [2.45, 2.75) is 51.2 Å². The lowest BCUT2D eigenvalue weighted by molar-refractivity contribution is -0.114. The van der Waals surface area contributed by atoms with E-state index >= 15 is 0 Å². The maximum atomic E-state index is 12.2. The maximum absolute atomic E-state index is 12.2. The van der Waals surface area contributed by atoms with Crippen molar-refractivity contribution in [2.24, 2.45) is 19.5 Å².